The zero-order valence-electron chi connectivity index (χ0n) is 18.1. The van der Waals surface area contributed by atoms with Crippen molar-refractivity contribution in [3.8, 4) is 0 Å². The third-order valence-corrected chi connectivity index (χ3v) is 5.39. The summed E-state index contributed by atoms with van der Waals surface area (Å²) in [6, 6.07) is 0. The van der Waals surface area contributed by atoms with Crippen LogP contribution in [0.3, 0.4) is 0 Å². The number of carbonyl (C=O) groups excluding carboxylic acids is 1. The second kappa shape index (κ2) is 9.31. The first kappa shape index (κ1) is 26.6. The topological polar surface area (TPSA) is 82.7 Å². The average molecular weight is 501 g/mol. The van der Waals surface area contributed by atoms with Gasteiger partial charge in [0.1, 0.15) is 23.5 Å². The van der Waals surface area contributed by atoms with Gasteiger partial charge in [0.25, 0.3) is 5.56 Å². The second-order valence-corrected chi connectivity index (χ2v) is 9.16. The third-order valence-electron chi connectivity index (χ3n) is 4.14. The molecule has 0 atom stereocenters. The predicted molar refractivity (Wildman–Crippen MR) is 110 cm³/mol. The molecule has 14 heteroatoms. The maximum absolute atomic E-state index is 12.9. The highest BCUT2D eigenvalue weighted by Crippen LogP contribution is 2.28. The Morgan fingerprint density at radius 2 is 1.67 bits per heavy atom. The minimum atomic E-state index is -4.94. The van der Waals surface area contributed by atoms with Crippen LogP contribution in [0.4, 0.5) is 26.3 Å². The van der Waals surface area contributed by atoms with Crippen molar-refractivity contribution in [3.63, 3.8) is 0 Å². The number of carbonyl (C=O) groups is 1. The monoisotopic (exact) mass is 501 g/mol. The molecule has 2 rings (SSSR count). The van der Waals surface area contributed by atoms with Crippen LogP contribution in [0.15, 0.2) is 14.6 Å². The van der Waals surface area contributed by atoms with Crippen LogP contribution in [0.2, 0.25) is 0 Å². The molecule has 0 aliphatic carbocycles. The molecule has 0 N–H and O–H groups in total. The van der Waals surface area contributed by atoms with Gasteiger partial charge < -0.3 is 4.74 Å². The number of thiophene rings is 1. The van der Waals surface area contributed by atoms with Crippen molar-refractivity contribution in [2.45, 2.75) is 65.2 Å². The highest BCUT2D eigenvalue weighted by Gasteiger charge is 2.33. The van der Waals surface area contributed by atoms with Crippen molar-refractivity contribution in [2.75, 3.05) is 6.54 Å². The number of fused-ring (bicyclic) bond motifs is 1. The van der Waals surface area contributed by atoms with Crippen LogP contribution in [-0.4, -0.2) is 45.8 Å². The molecule has 0 radical (unpaired) electrons. The number of rotatable bonds is 6. The number of alkyl halides is 6. The van der Waals surface area contributed by atoms with Crippen LogP contribution in [0.1, 0.15) is 37.6 Å². The van der Waals surface area contributed by atoms with E-state index in [1.165, 1.54) is 6.92 Å². The van der Waals surface area contributed by atoms with Gasteiger partial charge in [-0.1, -0.05) is 0 Å². The molecule has 0 aromatic carbocycles. The van der Waals surface area contributed by atoms with Crippen molar-refractivity contribution < 1.29 is 35.9 Å². The van der Waals surface area contributed by atoms with Crippen LogP contribution < -0.4 is 11.2 Å². The van der Waals surface area contributed by atoms with E-state index in [4.69, 9.17) is 4.74 Å². The Morgan fingerprint density at radius 1 is 1.06 bits per heavy atom. The smallest absolute Gasteiger partial charge is 0.406 e. The van der Waals surface area contributed by atoms with Crippen LogP contribution in [-0.2, 0) is 22.6 Å². The number of nitrogens with zero attached hydrogens (tertiary/aromatic N) is 3. The lowest BCUT2D eigenvalue weighted by molar-refractivity contribution is -0.152. The lowest BCUT2D eigenvalue weighted by atomic mass is 10.2. The molecule has 2 heterocycles. The Labute approximate surface area is 187 Å². The Morgan fingerprint density at radius 3 is 2.18 bits per heavy atom. The summed E-state index contributed by atoms with van der Waals surface area (Å²) in [5.74, 6) is -0.660. The molecule has 0 saturated heterocycles. The predicted octanol–water partition coefficient (Wildman–Crippen LogP) is 3.81. The van der Waals surface area contributed by atoms with E-state index in [1.54, 1.807) is 20.8 Å². The van der Waals surface area contributed by atoms with E-state index in [1.807, 2.05) is 0 Å². The van der Waals surface area contributed by atoms with Crippen LogP contribution in [0.25, 0.3) is 10.2 Å². The van der Waals surface area contributed by atoms with Gasteiger partial charge >= 0.3 is 24.0 Å². The van der Waals surface area contributed by atoms with Crippen LogP contribution in [0, 0.1) is 6.92 Å². The molecular formula is C19H21F6N3O4S. The minimum Gasteiger partial charge on any atom is -0.459 e. The van der Waals surface area contributed by atoms with Crippen LogP contribution >= 0.6 is 11.3 Å². The summed E-state index contributed by atoms with van der Waals surface area (Å²) in [6.07, 6.45) is -9.94. The van der Waals surface area contributed by atoms with E-state index in [-0.39, 0.29) is 25.2 Å². The fourth-order valence-electron chi connectivity index (χ4n) is 2.87. The average Bonchev–Trinajstić information content (AvgIpc) is 2.92. The lowest BCUT2D eigenvalue weighted by Crippen LogP contribution is -2.43. The summed E-state index contributed by atoms with van der Waals surface area (Å²) < 4.78 is 82.5. The largest absolute Gasteiger partial charge is 0.459 e. The van der Waals surface area contributed by atoms with E-state index < -0.39 is 61.2 Å². The quantitative estimate of drug-likeness (QED) is 0.343. The summed E-state index contributed by atoms with van der Waals surface area (Å²) in [5, 5.41) is -0.315. The van der Waals surface area contributed by atoms with E-state index in [0.29, 0.717) is 4.57 Å². The number of esters is 1. The highest BCUT2D eigenvalue weighted by atomic mass is 32.1. The molecule has 7 nitrogen and oxygen atoms in total. The van der Waals surface area contributed by atoms with Crippen molar-refractivity contribution >= 4 is 33.7 Å². The first-order valence-corrected chi connectivity index (χ1v) is 10.3. The lowest BCUT2D eigenvalue weighted by Gasteiger charge is -2.18. The van der Waals surface area contributed by atoms with Gasteiger partial charge in [0.2, 0.25) is 0 Å². The van der Waals surface area contributed by atoms with Gasteiger partial charge in [-0.2, -0.15) is 26.3 Å². The van der Waals surface area contributed by atoms with E-state index in [2.05, 4.69) is 4.99 Å². The summed E-state index contributed by atoms with van der Waals surface area (Å²) in [7, 11) is 0. The fraction of sp³-hybridized carbons (Fsp3) is 0.579. The molecular weight excluding hydrogens is 480 g/mol. The molecule has 184 valence electrons. The third kappa shape index (κ3) is 7.17. The fourth-order valence-corrected chi connectivity index (χ4v) is 4.08. The molecule has 33 heavy (non-hydrogen) atoms. The summed E-state index contributed by atoms with van der Waals surface area (Å²) in [4.78, 5) is 40.9. The molecule has 0 aliphatic heterocycles. The second-order valence-electron chi connectivity index (χ2n) is 8.13. The van der Waals surface area contributed by atoms with Crippen molar-refractivity contribution in [3.05, 3.63) is 31.3 Å². The van der Waals surface area contributed by atoms with Gasteiger partial charge in [0.15, 0.2) is 0 Å². The molecule has 2 aromatic heterocycles. The maximum atomic E-state index is 12.9. The normalized spacial score (nSPS) is 13.3. The number of aromatic nitrogens is 2. The van der Waals surface area contributed by atoms with Crippen molar-refractivity contribution in [1.82, 2.24) is 9.13 Å². The number of aryl methyl sites for hydroxylation is 2. The number of ether oxygens (including phenoxy) is 1. The number of hydrogen-bond donors (Lipinski definition) is 0. The van der Waals surface area contributed by atoms with Gasteiger partial charge in [0, 0.05) is 12.8 Å². The Kier molecular flexibility index (Phi) is 7.51. The molecule has 0 aliphatic rings. The summed E-state index contributed by atoms with van der Waals surface area (Å²) >= 11 is 0.721. The number of hydrogen-bond acceptors (Lipinski definition) is 6. The van der Waals surface area contributed by atoms with Crippen molar-refractivity contribution in [1.29, 1.82) is 0 Å². The van der Waals surface area contributed by atoms with E-state index in [0.717, 1.165) is 17.6 Å². The molecule has 0 amide bonds. The molecule has 0 bridgehead atoms. The van der Waals surface area contributed by atoms with Gasteiger partial charge in [0.05, 0.1) is 16.7 Å². The van der Waals surface area contributed by atoms with Crippen LogP contribution in [0.5, 0.6) is 0 Å². The number of halogens is 6. The molecule has 0 fully saturated rings. The zero-order chi connectivity index (χ0) is 25.4. The summed E-state index contributed by atoms with van der Waals surface area (Å²) in [5.41, 5.74) is -3.38. The van der Waals surface area contributed by atoms with Gasteiger partial charge in [-0.05, 0) is 33.3 Å². The van der Waals surface area contributed by atoms with Gasteiger partial charge in [-0.3, -0.25) is 23.7 Å². The number of aliphatic imine (C=N–C) groups is 1. The van der Waals surface area contributed by atoms with E-state index in [9.17, 15) is 40.7 Å². The van der Waals surface area contributed by atoms with E-state index >= 15 is 0 Å². The standard InChI is InChI=1S/C19H21F6N3O4S/c1-10-11(7-26-8-12(29)32-17(2,3)4)33-15-13(10)14(30)28(9-19(23,24)25)16(31)27(15)6-5-18(20,21)22/h7H,5-6,8-9H2,1-4H3. The first-order chi connectivity index (χ1) is 14.9. The Balaban J connectivity index is 2.59. The Bertz CT molecular complexity index is 1180. The van der Waals surface area contributed by atoms with Crippen molar-refractivity contribution in [2.24, 2.45) is 4.99 Å². The molecule has 0 unspecified atom stereocenters. The minimum absolute atomic E-state index is 0.125. The zero-order valence-corrected chi connectivity index (χ0v) is 18.9. The molecule has 0 saturated carbocycles. The highest BCUT2D eigenvalue weighted by molar-refractivity contribution is 7.20. The maximum Gasteiger partial charge on any atom is 0.406 e. The molecule has 2 aromatic rings. The van der Waals surface area contributed by atoms with Gasteiger partial charge in [-0.25, -0.2) is 4.79 Å². The summed E-state index contributed by atoms with van der Waals surface area (Å²) in [6.45, 7) is 3.01. The SMILES string of the molecule is Cc1c(C=NCC(=O)OC(C)(C)C)sc2c1c(=O)n(CC(F)(F)F)c(=O)n2CCC(F)(F)F. The molecule has 0 spiro atoms. The van der Waals surface area contributed by atoms with Gasteiger partial charge in [-0.15, -0.1) is 11.3 Å². The Hall–Kier alpha value is -2.64. The first-order valence-electron chi connectivity index (χ1n) is 9.51.